The molecular weight excluding hydrogens is 246 g/mol. The number of benzene rings is 1. The second kappa shape index (κ2) is 7.42. The van der Waals surface area contributed by atoms with Crippen LogP contribution >= 0.6 is 0 Å². The lowest BCUT2D eigenvalue weighted by Gasteiger charge is -2.28. The average molecular weight is 271 g/mol. The minimum Gasteiger partial charge on any atom is -0.313 e. The molecule has 0 aliphatic carbocycles. The summed E-state index contributed by atoms with van der Waals surface area (Å²) in [5.74, 6) is 0.890. The summed E-state index contributed by atoms with van der Waals surface area (Å²) in [5.41, 5.74) is 3.25. The number of nitrogens with one attached hydrogen (secondary N) is 1. The zero-order valence-corrected chi connectivity index (χ0v) is 12.7. The van der Waals surface area contributed by atoms with Crippen molar-refractivity contribution in [2.75, 3.05) is 26.7 Å². The SMILES string of the molecule is Cc1cc(C#N)ccc1CNCCC1CCN(C)CC1. The first-order valence-electron chi connectivity index (χ1n) is 7.58. The van der Waals surface area contributed by atoms with Gasteiger partial charge in [0.1, 0.15) is 0 Å². The van der Waals surface area contributed by atoms with Gasteiger partial charge in [0.15, 0.2) is 0 Å². The van der Waals surface area contributed by atoms with E-state index in [0.29, 0.717) is 0 Å². The van der Waals surface area contributed by atoms with Gasteiger partial charge in [0.25, 0.3) is 0 Å². The van der Waals surface area contributed by atoms with Crippen LogP contribution in [0.4, 0.5) is 0 Å². The van der Waals surface area contributed by atoms with E-state index in [-0.39, 0.29) is 0 Å². The van der Waals surface area contributed by atoms with Crippen LogP contribution in [0.2, 0.25) is 0 Å². The van der Waals surface area contributed by atoms with Crippen molar-refractivity contribution in [3.63, 3.8) is 0 Å². The molecule has 1 aromatic carbocycles. The number of nitriles is 1. The van der Waals surface area contributed by atoms with Gasteiger partial charge in [0.2, 0.25) is 0 Å². The molecule has 0 saturated carbocycles. The first-order valence-corrected chi connectivity index (χ1v) is 7.58. The summed E-state index contributed by atoms with van der Waals surface area (Å²) in [4.78, 5) is 2.42. The van der Waals surface area contributed by atoms with Gasteiger partial charge in [0, 0.05) is 6.54 Å². The fraction of sp³-hybridized carbons (Fsp3) is 0.588. The zero-order valence-electron chi connectivity index (χ0n) is 12.7. The molecule has 1 aromatic rings. The highest BCUT2D eigenvalue weighted by Crippen LogP contribution is 2.18. The quantitative estimate of drug-likeness (QED) is 0.837. The van der Waals surface area contributed by atoms with Crippen LogP contribution in [0.15, 0.2) is 18.2 Å². The van der Waals surface area contributed by atoms with Crippen LogP contribution in [0.1, 0.15) is 36.0 Å². The molecule has 2 rings (SSSR count). The summed E-state index contributed by atoms with van der Waals surface area (Å²) in [6, 6.07) is 8.12. The van der Waals surface area contributed by atoms with Gasteiger partial charge in [-0.2, -0.15) is 5.26 Å². The van der Waals surface area contributed by atoms with E-state index < -0.39 is 0 Å². The molecule has 0 spiro atoms. The molecule has 108 valence electrons. The van der Waals surface area contributed by atoms with Gasteiger partial charge in [-0.3, -0.25) is 0 Å². The highest BCUT2D eigenvalue weighted by Gasteiger charge is 2.15. The molecule has 1 heterocycles. The molecular formula is C17H25N3. The lowest BCUT2D eigenvalue weighted by Crippen LogP contribution is -2.31. The van der Waals surface area contributed by atoms with Crippen LogP contribution in [0.25, 0.3) is 0 Å². The number of piperidine rings is 1. The smallest absolute Gasteiger partial charge is 0.0991 e. The molecule has 0 atom stereocenters. The summed E-state index contributed by atoms with van der Waals surface area (Å²) in [7, 11) is 2.21. The Morgan fingerprint density at radius 3 is 2.75 bits per heavy atom. The Hall–Kier alpha value is -1.37. The number of aryl methyl sites for hydroxylation is 1. The van der Waals surface area contributed by atoms with Crippen molar-refractivity contribution in [2.45, 2.75) is 32.7 Å². The van der Waals surface area contributed by atoms with Crippen LogP contribution in [0.5, 0.6) is 0 Å². The average Bonchev–Trinajstić information content (AvgIpc) is 2.46. The van der Waals surface area contributed by atoms with Crippen molar-refractivity contribution < 1.29 is 0 Å². The lowest BCUT2D eigenvalue weighted by molar-refractivity contribution is 0.211. The molecule has 0 unspecified atom stereocenters. The third-order valence-corrected chi connectivity index (χ3v) is 4.35. The zero-order chi connectivity index (χ0) is 14.4. The molecule has 0 radical (unpaired) electrons. The predicted molar refractivity (Wildman–Crippen MR) is 82.4 cm³/mol. The van der Waals surface area contributed by atoms with Crippen LogP contribution in [-0.4, -0.2) is 31.6 Å². The molecule has 0 bridgehead atoms. The fourth-order valence-electron chi connectivity index (χ4n) is 2.84. The lowest BCUT2D eigenvalue weighted by atomic mass is 9.94. The maximum atomic E-state index is 8.86. The predicted octanol–water partition coefficient (Wildman–Crippen LogP) is 2.69. The monoisotopic (exact) mass is 271 g/mol. The number of rotatable bonds is 5. The van der Waals surface area contributed by atoms with E-state index in [9.17, 15) is 0 Å². The Balaban J connectivity index is 1.70. The van der Waals surface area contributed by atoms with Crippen molar-refractivity contribution in [3.05, 3.63) is 34.9 Å². The number of hydrogen-bond donors (Lipinski definition) is 1. The standard InChI is InChI=1S/C17H25N3/c1-14-11-16(12-18)3-4-17(14)13-19-8-5-15-6-9-20(2)10-7-15/h3-4,11,15,19H,5-10,13H2,1-2H3. The van der Waals surface area contributed by atoms with Crippen molar-refractivity contribution in [3.8, 4) is 6.07 Å². The van der Waals surface area contributed by atoms with E-state index in [1.165, 1.54) is 43.5 Å². The molecule has 20 heavy (non-hydrogen) atoms. The van der Waals surface area contributed by atoms with Crippen molar-refractivity contribution in [2.24, 2.45) is 5.92 Å². The first-order chi connectivity index (χ1) is 9.69. The van der Waals surface area contributed by atoms with E-state index in [0.717, 1.165) is 24.6 Å². The highest BCUT2D eigenvalue weighted by atomic mass is 15.1. The topological polar surface area (TPSA) is 39.1 Å². The third kappa shape index (κ3) is 4.33. The maximum absolute atomic E-state index is 8.86. The Morgan fingerprint density at radius 2 is 2.10 bits per heavy atom. The van der Waals surface area contributed by atoms with E-state index in [4.69, 9.17) is 5.26 Å². The molecule has 1 saturated heterocycles. The van der Waals surface area contributed by atoms with Gasteiger partial charge in [0.05, 0.1) is 11.6 Å². The van der Waals surface area contributed by atoms with E-state index in [1.807, 2.05) is 12.1 Å². The number of hydrogen-bond acceptors (Lipinski definition) is 3. The van der Waals surface area contributed by atoms with Crippen molar-refractivity contribution in [1.29, 1.82) is 5.26 Å². The first kappa shape index (κ1) is 15.0. The molecule has 3 heteroatoms. The second-order valence-corrected chi connectivity index (χ2v) is 5.97. The normalized spacial score (nSPS) is 17.1. The van der Waals surface area contributed by atoms with Gasteiger partial charge in [-0.15, -0.1) is 0 Å². The molecule has 3 nitrogen and oxygen atoms in total. The van der Waals surface area contributed by atoms with Gasteiger partial charge < -0.3 is 10.2 Å². The van der Waals surface area contributed by atoms with Gasteiger partial charge >= 0.3 is 0 Å². The minimum absolute atomic E-state index is 0.748. The van der Waals surface area contributed by atoms with E-state index >= 15 is 0 Å². The van der Waals surface area contributed by atoms with Crippen LogP contribution in [0.3, 0.4) is 0 Å². The molecule has 0 amide bonds. The van der Waals surface area contributed by atoms with Crippen LogP contribution in [0, 0.1) is 24.2 Å². The Morgan fingerprint density at radius 1 is 1.35 bits per heavy atom. The highest BCUT2D eigenvalue weighted by molar-refractivity contribution is 5.37. The summed E-state index contributed by atoms with van der Waals surface area (Å²) in [6.45, 7) is 6.58. The van der Waals surface area contributed by atoms with Crippen LogP contribution in [-0.2, 0) is 6.54 Å². The molecule has 1 aliphatic rings. The van der Waals surface area contributed by atoms with E-state index in [1.54, 1.807) is 0 Å². The fourth-order valence-corrected chi connectivity index (χ4v) is 2.84. The maximum Gasteiger partial charge on any atom is 0.0991 e. The molecule has 1 fully saturated rings. The van der Waals surface area contributed by atoms with Gasteiger partial charge in [-0.25, -0.2) is 0 Å². The summed E-state index contributed by atoms with van der Waals surface area (Å²) >= 11 is 0. The Kier molecular flexibility index (Phi) is 5.58. The molecule has 1 N–H and O–H groups in total. The van der Waals surface area contributed by atoms with Gasteiger partial charge in [-0.05, 0) is 82.0 Å². The Bertz CT molecular complexity index is 468. The summed E-state index contributed by atoms with van der Waals surface area (Å²) in [5, 5.41) is 12.4. The summed E-state index contributed by atoms with van der Waals surface area (Å²) in [6.07, 6.45) is 3.96. The minimum atomic E-state index is 0.748. The Labute approximate surface area is 122 Å². The van der Waals surface area contributed by atoms with Crippen LogP contribution < -0.4 is 5.32 Å². The molecule has 0 aromatic heterocycles. The largest absolute Gasteiger partial charge is 0.313 e. The summed E-state index contributed by atoms with van der Waals surface area (Å²) < 4.78 is 0. The van der Waals surface area contributed by atoms with Crippen molar-refractivity contribution in [1.82, 2.24) is 10.2 Å². The number of likely N-dealkylation sites (tertiary alicyclic amines) is 1. The van der Waals surface area contributed by atoms with Crippen molar-refractivity contribution >= 4 is 0 Å². The third-order valence-electron chi connectivity index (χ3n) is 4.35. The number of nitrogens with zero attached hydrogens (tertiary/aromatic N) is 2. The van der Waals surface area contributed by atoms with E-state index in [2.05, 4.69) is 36.3 Å². The molecule has 1 aliphatic heterocycles. The second-order valence-electron chi connectivity index (χ2n) is 5.97. The van der Waals surface area contributed by atoms with Gasteiger partial charge in [-0.1, -0.05) is 6.07 Å².